The van der Waals surface area contributed by atoms with Crippen molar-refractivity contribution in [3.63, 3.8) is 0 Å². The summed E-state index contributed by atoms with van der Waals surface area (Å²) in [5, 5.41) is 9.76. The average Bonchev–Trinajstić information content (AvgIpc) is 3.15. The Bertz CT molecular complexity index is 979. The van der Waals surface area contributed by atoms with Gasteiger partial charge in [-0.2, -0.15) is 0 Å². The number of thioether (sulfide) groups is 1. The Kier molecular flexibility index (Phi) is 5.89. The Morgan fingerprint density at radius 2 is 1.89 bits per heavy atom. The molecule has 1 aliphatic rings. The number of methoxy groups -OCH3 is 2. The van der Waals surface area contributed by atoms with Crippen LogP contribution in [0.15, 0.2) is 52.1 Å². The van der Waals surface area contributed by atoms with Gasteiger partial charge in [0.2, 0.25) is 0 Å². The van der Waals surface area contributed by atoms with Crippen molar-refractivity contribution in [1.29, 1.82) is 0 Å². The van der Waals surface area contributed by atoms with Crippen LogP contribution >= 0.6 is 27.7 Å². The molecule has 0 bridgehead atoms. The zero-order valence-corrected chi connectivity index (χ0v) is 18.2. The molecular formula is C20H21BrN4O2S. The molecule has 3 aromatic rings. The van der Waals surface area contributed by atoms with Gasteiger partial charge in [-0.3, -0.25) is 9.47 Å². The summed E-state index contributed by atoms with van der Waals surface area (Å²) in [6.07, 6.45) is 0.933. The molecule has 0 saturated carbocycles. The van der Waals surface area contributed by atoms with Crippen LogP contribution in [0.2, 0.25) is 0 Å². The summed E-state index contributed by atoms with van der Waals surface area (Å²) in [4.78, 5) is 2.40. The number of halogens is 1. The summed E-state index contributed by atoms with van der Waals surface area (Å²) in [6.45, 7) is 1.72. The molecule has 0 fully saturated rings. The Balaban J connectivity index is 1.48. The fraction of sp³-hybridized carbons (Fsp3) is 0.300. The first-order valence-corrected chi connectivity index (χ1v) is 10.7. The van der Waals surface area contributed by atoms with E-state index in [4.69, 9.17) is 9.47 Å². The predicted molar refractivity (Wildman–Crippen MR) is 114 cm³/mol. The summed E-state index contributed by atoms with van der Waals surface area (Å²) >= 11 is 5.35. The maximum Gasteiger partial charge on any atom is 0.193 e. The number of rotatable bonds is 6. The maximum absolute atomic E-state index is 5.41. The van der Waals surface area contributed by atoms with E-state index in [1.54, 1.807) is 26.0 Å². The molecule has 0 unspecified atom stereocenters. The van der Waals surface area contributed by atoms with Crippen LogP contribution in [0, 0.1) is 0 Å². The molecule has 146 valence electrons. The number of hydrogen-bond acceptors (Lipinski definition) is 6. The van der Waals surface area contributed by atoms with E-state index in [2.05, 4.69) is 47.7 Å². The molecule has 0 N–H and O–H groups in total. The van der Waals surface area contributed by atoms with Crippen molar-refractivity contribution in [3.8, 4) is 22.9 Å². The monoisotopic (exact) mass is 460 g/mol. The van der Waals surface area contributed by atoms with Crippen molar-refractivity contribution in [2.45, 2.75) is 18.2 Å². The van der Waals surface area contributed by atoms with Gasteiger partial charge in [-0.05, 0) is 30.2 Å². The Morgan fingerprint density at radius 3 is 2.68 bits per heavy atom. The van der Waals surface area contributed by atoms with Crippen LogP contribution in [0.5, 0.6) is 11.5 Å². The molecule has 0 aliphatic carbocycles. The summed E-state index contributed by atoms with van der Waals surface area (Å²) in [7, 11) is 3.32. The molecular weight excluding hydrogens is 440 g/mol. The molecule has 0 spiro atoms. The number of ether oxygens (including phenoxy) is 2. The highest BCUT2D eigenvalue weighted by molar-refractivity contribution is 9.10. The lowest BCUT2D eigenvalue weighted by molar-refractivity contribution is 0.242. The van der Waals surface area contributed by atoms with Gasteiger partial charge in [0.05, 0.1) is 26.8 Å². The van der Waals surface area contributed by atoms with Gasteiger partial charge < -0.3 is 9.47 Å². The molecule has 2 heterocycles. The van der Waals surface area contributed by atoms with E-state index in [0.717, 1.165) is 58.0 Å². The van der Waals surface area contributed by atoms with Gasteiger partial charge in [0.1, 0.15) is 0 Å². The normalized spacial score (nSPS) is 14.0. The standard InChI is InChI=1S/C20H21BrN4O2S/c1-26-17-8-7-14(11-18(17)27-2)9-10-24-12-25-19(22-23-20(25)28-13-24)15-5-3-4-6-16(15)21/h3-8,11H,9-10,12-13H2,1-2H3. The molecule has 6 nitrogen and oxygen atoms in total. The second-order valence-electron chi connectivity index (χ2n) is 6.46. The third kappa shape index (κ3) is 3.90. The highest BCUT2D eigenvalue weighted by atomic mass is 79.9. The number of hydrogen-bond donors (Lipinski definition) is 0. The smallest absolute Gasteiger partial charge is 0.193 e. The van der Waals surface area contributed by atoms with Gasteiger partial charge in [-0.25, -0.2) is 0 Å². The topological polar surface area (TPSA) is 52.4 Å². The minimum Gasteiger partial charge on any atom is -0.493 e. The average molecular weight is 461 g/mol. The molecule has 0 amide bonds. The molecule has 1 aromatic heterocycles. The van der Waals surface area contributed by atoms with E-state index in [1.807, 2.05) is 30.3 Å². The van der Waals surface area contributed by atoms with Gasteiger partial charge >= 0.3 is 0 Å². The lowest BCUT2D eigenvalue weighted by Crippen LogP contribution is -2.32. The van der Waals surface area contributed by atoms with E-state index in [0.29, 0.717) is 0 Å². The van der Waals surface area contributed by atoms with Crippen molar-refractivity contribution in [1.82, 2.24) is 19.7 Å². The number of nitrogens with zero attached hydrogens (tertiary/aromatic N) is 4. The molecule has 2 aromatic carbocycles. The molecule has 0 atom stereocenters. The van der Waals surface area contributed by atoms with E-state index in [1.165, 1.54) is 5.56 Å². The lowest BCUT2D eigenvalue weighted by atomic mass is 10.1. The van der Waals surface area contributed by atoms with Crippen LogP contribution < -0.4 is 9.47 Å². The van der Waals surface area contributed by atoms with Crippen molar-refractivity contribution >= 4 is 27.7 Å². The zero-order chi connectivity index (χ0) is 19.5. The maximum atomic E-state index is 5.41. The van der Waals surface area contributed by atoms with Crippen LogP contribution in [0.3, 0.4) is 0 Å². The van der Waals surface area contributed by atoms with Crippen molar-refractivity contribution in [3.05, 3.63) is 52.5 Å². The SMILES string of the molecule is COc1ccc(CCN2CSc3nnc(-c4ccccc4Br)n3C2)cc1OC. The quantitative estimate of drug-likeness (QED) is 0.546. The van der Waals surface area contributed by atoms with E-state index in [9.17, 15) is 0 Å². The van der Waals surface area contributed by atoms with E-state index < -0.39 is 0 Å². The number of aromatic nitrogens is 3. The lowest BCUT2D eigenvalue weighted by Gasteiger charge is -2.28. The van der Waals surface area contributed by atoms with E-state index >= 15 is 0 Å². The molecule has 28 heavy (non-hydrogen) atoms. The van der Waals surface area contributed by atoms with Crippen LogP contribution in [-0.2, 0) is 13.1 Å². The Hall–Kier alpha value is -2.03. The fourth-order valence-corrected chi connectivity index (χ4v) is 4.58. The van der Waals surface area contributed by atoms with Crippen molar-refractivity contribution in [2.75, 3.05) is 26.6 Å². The van der Waals surface area contributed by atoms with Crippen LogP contribution in [0.4, 0.5) is 0 Å². The fourth-order valence-electron chi connectivity index (χ4n) is 3.21. The van der Waals surface area contributed by atoms with Gasteiger partial charge in [0.25, 0.3) is 0 Å². The van der Waals surface area contributed by atoms with Crippen LogP contribution in [0.1, 0.15) is 5.56 Å². The Labute approximate surface area is 177 Å². The molecule has 1 aliphatic heterocycles. The van der Waals surface area contributed by atoms with Gasteiger partial charge in [-0.15, -0.1) is 10.2 Å². The summed E-state index contributed by atoms with van der Waals surface area (Å²) in [5.74, 6) is 3.32. The predicted octanol–water partition coefficient (Wildman–Crippen LogP) is 4.29. The zero-order valence-electron chi connectivity index (χ0n) is 15.8. The Morgan fingerprint density at radius 1 is 1.07 bits per heavy atom. The minimum absolute atomic E-state index is 0.756. The second kappa shape index (κ2) is 8.55. The van der Waals surface area contributed by atoms with Crippen molar-refractivity contribution < 1.29 is 9.47 Å². The summed E-state index contributed by atoms with van der Waals surface area (Å²) in [6, 6.07) is 14.2. The first-order valence-electron chi connectivity index (χ1n) is 8.93. The van der Waals surface area contributed by atoms with Crippen LogP contribution in [0.25, 0.3) is 11.4 Å². The third-order valence-corrected chi connectivity index (χ3v) is 6.46. The van der Waals surface area contributed by atoms with E-state index in [-0.39, 0.29) is 0 Å². The first-order chi connectivity index (χ1) is 13.7. The number of benzene rings is 2. The van der Waals surface area contributed by atoms with Crippen molar-refractivity contribution in [2.24, 2.45) is 0 Å². The van der Waals surface area contributed by atoms with Gasteiger partial charge in [0.15, 0.2) is 22.5 Å². The largest absolute Gasteiger partial charge is 0.493 e. The van der Waals surface area contributed by atoms with Crippen LogP contribution in [-0.4, -0.2) is 46.3 Å². The molecule has 0 radical (unpaired) electrons. The summed E-state index contributed by atoms with van der Waals surface area (Å²) < 4.78 is 13.9. The molecule has 0 saturated heterocycles. The summed E-state index contributed by atoms with van der Waals surface area (Å²) in [5.41, 5.74) is 2.28. The number of fused-ring (bicyclic) bond motifs is 1. The second-order valence-corrected chi connectivity index (χ2v) is 8.23. The van der Waals surface area contributed by atoms with Gasteiger partial charge in [-0.1, -0.05) is 52.0 Å². The first kappa shape index (κ1) is 19.3. The highest BCUT2D eigenvalue weighted by Gasteiger charge is 2.23. The minimum atomic E-state index is 0.756. The highest BCUT2D eigenvalue weighted by Crippen LogP contribution is 2.32. The molecule has 8 heteroatoms. The van der Waals surface area contributed by atoms with Gasteiger partial charge in [0, 0.05) is 16.6 Å². The molecule has 4 rings (SSSR count). The third-order valence-electron chi connectivity index (χ3n) is 4.71.